The molecule has 1 N–H and O–H groups in total. The fraction of sp³-hybridized carbons (Fsp3) is 0.429. The topological polar surface area (TPSA) is 75.9 Å². The van der Waals surface area contributed by atoms with Gasteiger partial charge in [0.25, 0.3) is 0 Å². The average Bonchev–Trinajstić information content (AvgIpc) is 3.01. The Labute approximate surface area is 164 Å². The summed E-state index contributed by atoms with van der Waals surface area (Å²) in [5, 5.41) is 8.72. The Bertz CT molecular complexity index is 1000. The van der Waals surface area contributed by atoms with E-state index in [1.807, 2.05) is 35.8 Å². The van der Waals surface area contributed by atoms with E-state index in [2.05, 4.69) is 45.5 Å². The summed E-state index contributed by atoms with van der Waals surface area (Å²) in [6.45, 7) is 5.89. The van der Waals surface area contributed by atoms with Gasteiger partial charge in [0.1, 0.15) is 5.82 Å². The van der Waals surface area contributed by atoms with Crippen molar-refractivity contribution in [1.82, 2.24) is 30.0 Å². The van der Waals surface area contributed by atoms with Crippen LogP contribution in [0.25, 0.3) is 10.9 Å². The number of likely N-dealkylation sites (tertiary alicyclic amines) is 1. The van der Waals surface area contributed by atoms with E-state index in [4.69, 9.17) is 0 Å². The minimum Gasteiger partial charge on any atom is -0.332 e. The first kappa shape index (κ1) is 18.4. The molecule has 1 aliphatic rings. The van der Waals surface area contributed by atoms with Crippen LogP contribution in [0.5, 0.6) is 0 Å². The Hall–Kier alpha value is -2.96. The van der Waals surface area contributed by atoms with E-state index in [1.165, 1.54) is 5.56 Å². The van der Waals surface area contributed by atoms with Gasteiger partial charge in [-0.05, 0) is 44.9 Å². The predicted octanol–water partition coefficient (Wildman–Crippen LogP) is 3.07. The standard InChI is InChI=1S/C21H26N6O/c1-14-4-5-20-17(12-14)19(25-26(20)3)13-23-21(28)27-10-7-16(8-11-27)18-6-9-22-15(2)24-18/h4-6,9,12,16H,7-8,10-11,13H2,1-3H3,(H,23,28). The van der Waals surface area contributed by atoms with Crippen LogP contribution in [0.15, 0.2) is 30.5 Å². The number of piperidine rings is 1. The fourth-order valence-electron chi connectivity index (χ4n) is 3.93. The second kappa shape index (κ2) is 7.58. The first-order valence-corrected chi connectivity index (χ1v) is 9.76. The van der Waals surface area contributed by atoms with Gasteiger partial charge in [0.05, 0.1) is 17.8 Å². The minimum atomic E-state index is -0.0243. The second-order valence-electron chi connectivity index (χ2n) is 7.54. The zero-order chi connectivity index (χ0) is 19.7. The molecule has 4 rings (SSSR count). The zero-order valence-corrected chi connectivity index (χ0v) is 16.6. The fourth-order valence-corrected chi connectivity index (χ4v) is 3.93. The molecular weight excluding hydrogens is 352 g/mol. The van der Waals surface area contributed by atoms with Gasteiger partial charge in [-0.15, -0.1) is 0 Å². The molecule has 0 radical (unpaired) electrons. The first-order valence-electron chi connectivity index (χ1n) is 9.76. The molecule has 1 fully saturated rings. The second-order valence-corrected chi connectivity index (χ2v) is 7.54. The van der Waals surface area contributed by atoms with E-state index in [1.54, 1.807) is 0 Å². The molecule has 7 nitrogen and oxygen atoms in total. The predicted molar refractivity (Wildman–Crippen MR) is 108 cm³/mol. The highest BCUT2D eigenvalue weighted by Crippen LogP contribution is 2.26. The maximum atomic E-state index is 12.6. The van der Waals surface area contributed by atoms with E-state index in [-0.39, 0.29) is 6.03 Å². The number of carbonyl (C=O) groups excluding carboxylic acids is 1. The highest BCUT2D eigenvalue weighted by molar-refractivity contribution is 5.83. The number of rotatable bonds is 3. The molecule has 2 aromatic heterocycles. The van der Waals surface area contributed by atoms with Gasteiger partial charge in [-0.3, -0.25) is 4.68 Å². The van der Waals surface area contributed by atoms with Crippen molar-refractivity contribution in [3.63, 3.8) is 0 Å². The molecular formula is C21H26N6O. The van der Waals surface area contributed by atoms with Crippen molar-refractivity contribution in [3.8, 4) is 0 Å². The van der Waals surface area contributed by atoms with Crippen LogP contribution in [0.3, 0.4) is 0 Å². The summed E-state index contributed by atoms with van der Waals surface area (Å²) in [5.74, 6) is 1.20. The quantitative estimate of drug-likeness (QED) is 0.760. The number of nitrogens with one attached hydrogen (secondary N) is 1. The van der Waals surface area contributed by atoms with Crippen LogP contribution in [-0.2, 0) is 13.6 Å². The maximum Gasteiger partial charge on any atom is 0.317 e. The first-order chi connectivity index (χ1) is 13.5. The molecule has 0 unspecified atom stereocenters. The van der Waals surface area contributed by atoms with Crippen molar-refractivity contribution < 1.29 is 4.79 Å². The van der Waals surface area contributed by atoms with Crippen molar-refractivity contribution >= 4 is 16.9 Å². The normalized spacial score (nSPS) is 15.2. The molecule has 0 atom stereocenters. The third-order valence-corrected chi connectivity index (χ3v) is 5.49. The number of aromatic nitrogens is 4. The van der Waals surface area contributed by atoms with Gasteiger partial charge >= 0.3 is 6.03 Å². The lowest BCUT2D eigenvalue weighted by molar-refractivity contribution is 0.180. The largest absolute Gasteiger partial charge is 0.332 e. The number of nitrogens with zero attached hydrogens (tertiary/aromatic N) is 5. The molecule has 0 saturated carbocycles. The highest BCUT2D eigenvalue weighted by Gasteiger charge is 2.25. The summed E-state index contributed by atoms with van der Waals surface area (Å²) in [6.07, 6.45) is 3.67. The molecule has 3 aromatic rings. The van der Waals surface area contributed by atoms with E-state index in [9.17, 15) is 4.79 Å². The Morgan fingerprint density at radius 1 is 1.21 bits per heavy atom. The third-order valence-electron chi connectivity index (χ3n) is 5.49. The lowest BCUT2D eigenvalue weighted by Gasteiger charge is -2.31. The summed E-state index contributed by atoms with van der Waals surface area (Å²) in [7, 11) is 1.93. The average molecular weight is 378 g/mol. The SMILES string of the molecule is Cc1ccc2c(c1)c(CNC(=O)N1CCC(c3ccnc(C)n3)CC1)nn2C. The molecule has 28 heavy (non-hydrogen) atoms. The van der Waals surface area contributed by atoms with Gasteiger partial charge in [0, 0.05) is 43.3 Å². The molecule has 1 aliphatic heterocycles. The molecule has 0 spiro atoms. The number of aryl methyl sites for hydroxylation is 3. The van der Waals surface area contributed by atoms with Crippen molar-refractivity contribution in [2.45, 2.75) is 39.2 Å². The molecule has 3 heterocycles. The van der Waals surface area contributed by atoms with E-state index < -0.39 is 0 Å². The van der Waals surface area contributed by atoms with Crippen LogP contribution in [0, 0.1) is 13.8 Å². The summed E-state index contributed by atoms with van der Waals surface area (Å²) >= 11 is 0. The van der Waals surface area contributed by atoms with Crippen LogP contribution in [0.4, 0.5) is 4.79 Å². The number of hydrogen-bond donors (Lipinski definition) is 1. The maximum absolute atomic E-state index is 12.6. The lowest BCUT2D eigenvalue weighted by atomic mass is 9.93. The molecule has 0 bridgehead atoms. The van der Waals surface area contributed by atoms with Crippen LogP contribution in [-0.4, -0.2) is 43.8 Å². The monoisotopic (exact) mass is 378 g/mol. The van der Waals surface area contributed by atoms with Gasteiger partial charge in [0.2, 0.25) is 0 Å². The summed E-state index contributed by atoms with van der Waals surface area (Å²) in [5.41, 5.74) is 4.26. The molecule has 0 aliphatic carbocycles. The van der Waals surface area contributed by atoms with Gasteiger partial charge in [-0.2, -0.15) is 5.10 Å². The zero-order valence-electron chi connectivity index (χ0n) is 16.6. The number of fused-ring (bicyclic) bond motifs is 1. The van der Waals surface area contributed by atoms with Gasteiger partial charge in [-0.25, -0.2) is 14.8 Å². The molecule has 2 amide bonds. The van der Waals surface area contributed by atoms with Crippen LogP contribution in [0.2, 0.25) is 0 Å². The van der Waals surface area contributed by atoms with E-state index in [0.717, 1.165) is 54.0 Å². The van der Waals surface area contributed by atoms with Crippen molar-refractivity contribution in [2.24, 2.45) is 7.05 Å². The molecule has 1 saturated heterocycles. The molecule has 1 aromatic carbocycles. The van der Waals surface area contributed by atoms with Crippen LogP contribution in [0.1, 0.15) is 41.5 Å². The number of benzene rings is 1. The Balaban J connectivity index is 1.36. The number of amides is 2. The summed E-state index contributed by atoms with van der Waals surface area (Å²) < 4.78 is 1.87. The van der Waals surface area contributed by atoms with Crippen molar-refractivity contribution in [3.05, 3.63) is 53.2 Å². The number of carbonyl (C=O) groups is 1. The number of urea groups is 1. The van der Waals surface area contributed by atoms with Gasteiger partial charge in [-0.1, -0.05) is 11.6 Å². The lowest BCUT2D eigenvalue weighted by Crippen LogP contribution is -2.44. The Morgan fingerprint density at radius 3 is 2.75 bits per heavy atom. The third kappa shape index (κ3) is 3.69. The smallest absolute Gasteiger partial charge is 0.317 e. The van der Waals surface area contributed by atoms with Crippen molar-refractivity contribution in [2.75, 3.05) is 13.1 Å². The minimum absolute atomic E-state index is 0.0243. The molecule has 146 valence electrons. The number of hydrogen-bond acceptors (Lipinski definition) is 4. The van der Waals surface area contributed by atoms with E-state index in [0.29, 0.717) is 12.5 Å². The van der Waals surface area contributed by atoms with Crippen molar-refractivity contribution in [1.29, 1.82) is 0 Å². The summed E-state index contributed by atoms with van der Waals surface area (Å²) in [4.78, 5) is 23.2. The van der Waals surface area contributed by atoms with Crippen LogP contribution < -0.4 is 5.32 Å². The molecule has 7 heteroatoms. The summed E-state index contributed by atoms with van der Waals surface area (Å²) in [6, 6.07) is 8.24. The Morgan fingerprint density at radius 2 is 2.00 bits per heavy atom. The van der Waals surface area contributed by atoms with E-state index >= 15 is 0 Å². The van der Waals surface area contributed by atoms with Gasteiger partial charge < -0.3 is 10.2 Å². The van der Waals surface area contributed by atoms with Gasteiger partial charge in [0.15, 0.2) is 0 Å². The Kier molecular flexibility index (Phi) is 4.98. The van der Waals surface area contributed by atoms with Crippen LogP contribution >= 0.6 is 0 Å². The highest BCUT2D eigenvalue weighted by atomic mass is 16.2.